The van der Waals surface area contributed by atoms with Crippen molar-refractivity contribution < 1.29 is 13.3 Å². The van der Waals surface area contributed by atoms with E-state index in [1.54, 1.807) is 0 Å². The summed E-state index contributed by atoms with van der Waals surface area (Å²) >= 11 is 0. The molecule has 206 valence electrons. The molecule has 44 heavy (non-hydrogen) atoms. The van der Waals surface area contributed by atoms with Gasteiger partial charge >= 0.3 is 0 Å². The first-order chi connectivity index (χ1) is 21.8. The number of rotatable bonds is 3. The lowest BCUT2D eigenvalue weighted by Crippen LogP contribution is -2.10. The number of hydrogen-bond acceptors (Lipinski definition) is 4. The van der Waals surface area contributed by atoms with Gasteiger partial charge in [0.25, 0.3) is 0 Å². The fourth-order valence-electron chi connectivity index (χ4n) is 6.86. The maximum atomic E-state index is 6.71. The molecular formula is C40H23NO3. The van der Waals surface area contributed by atoms with Gasteiger partial charge in [0.2, 0.25) is 0 Å². The average molecular weight is 566 g/mol. The second-order valence-corrected chi connectivity index (χ2v) is 11.3. The molecule has 0 aliphatic rings. The molecule has 0 N–H and O–H groups in total. The number of para-hydroxylation sites is 3. The van der Waals surface area contributed by atoms with Gasteiger partial charge in [0.05, 0.1) is 11.4 Å². The summed E-state index contributed by atoms with van der Waals surface area (Å²) < 4.78 is 19.2. The fraction of sp³-hybridized carbons (Fsp3) is 0. The standard InChI is InChI=1S/C40H23NO3/c1-2-9-27-24(8-1)16-20-37-39(27)31-12-7-13-33(40(31)44-37)41(25-18-21-36-32(22-25)29-11-4-6-15-35(29)42-36)26-17-19-30-28-10-3-5-14-34(28)43-38(30)23-26/h1-23H. The van der Waals surface area contributed by atoms with E-state index in [4.69, 9.17) is 13.3 Å². The van der Waals surface area contributed by atoms with Crippen molar-refractivity contribution in [2.24, 2.45) is 0 Å². The van der Waals surface area contributed by atoms with Crippen LogP contribution in [0.3, 0.4) is 0 Å². The largest absolute Gasteiger partial charge is 0.456 e. The van der Waals surface area contributed by atoms with E-state index in [1.807, 2.05) is 30.3 Å². The van der Waals surface area contributed by atoms with Crippen molar-refractivity contribution >= 4 is 93.7 Å². The first kappa shape index (κ1) is 23.6. The molecule has 0 aliphatic heterocycles. The van der Waals surface area contributed by atoms with Gasteiger partial charge in [-0.25, -0.2) is 0 Å². The Labute approximate surface area is 250 Å². The summed E-state index contributed by atoms with van der Waals surface area (Å²) in [5, 5.41) is 8.94. The summed E-state index contributed by atoms with van der Waals surface area (Å²) in [6, 6.07) is 48.3. The van der Waals surface area contributed by atoms with E-state index in [-0.39, 0.29) is 0 Å². The SMILES string of the molecule is c1ccc2c(c1)ccc1oc3c(N(c4ccc5c(c4)oc4ccccc45)c4ccc5oc6ccccc6c5c4)cccc3c12. The van der Waals surface area contributed by atoms with E-state index in [1.165, 1.54) is 10.8 Å². The highest BCUT2D eigenvalue weighted by molar-refractivity contribution is 6.21. The Kier molecular flexibility index (Phi) is 4.69. The molecule has 3 aromatic heterocycles. The van der Waals surface area contributed by atoms with Gasteiger partial charge in [0.1, 0.15) is 27.9 Å². The Morgan fingerprint density at radius 3 is 1.84 bits per heavy atom. The highest BCUT2D eigenvalue weighted by Crippen LogP contribution is 2.45. The summed E-state index contributed by atoms with van der Waals surface area (Å²) in [5.74, 6) is 0. The van der Waals surface area contributed by atoms with Crippen LogP contribution in [-0.4, -0.2) is 0 Å². The van der Waals surface area contributed by atoms with E-state index >= 15 is 0 Å². The summed E-state index contributed by atoms with van der Waals surface area (Å²) in [5.41, 5.74) is 8.08. The van der Waals surface area contributed by atoms with E-state index in [0.717, 1.165) is 82.9 Å². The van der Waals surface area contributed by atoms with Crippen molar-refractivity contribution in [2.45, 2.75) is 0 Å². The molecule has 0 amide bonds. The lowest BCUT2D eigenvalue weighted by Gasteiger charge is -2.25. The number of fused-ring (bicyclic) bond motifs is 11. The lowest BCUT2D eigenvalue weighted by atomic mass is 10.0. The highest BCUT2D eigenvalue weighted by Gasteiger charge is 2.22. The monoisotopic (exact) mass is 565 g/mol. The summed E-state index contributed by atoms with van der Waals surface area (Å²) in [6.45, 7) is 0. The first-order valence-corrected chi connectivity index (χ1v) is 14.8. The van der Waals surface area contributed by atoms with Crippen molar-refractivity contribution in [3.05, 3.63) is 140 Å². The highest BCUT2D eigenvalue weighted by atomic mass is 16.3. The minimum atomic E-state index is 0.834. The van der Waals surface area contributed by atoms with Gasteiger partial charge in [-0.1, -0.05) is 78.9 Å². The van der Waals surface area contributed by atoms with Crippen LogP contribution in [-0.2, 0) is 0 Å². The first-order valence-electron chi connectivity index (χ1n) is 14.8. The van der Waals surface area contributed by atoms with Crippen LogP contribution in [0, 0.1) is 0 Å². The zero-order chi connectivity index (χ0) is 28.8. The minimum Gasteiger partial charge on any atom is -0.456 e. The molecule has 0 unspecified atom stereocenters. The van der Waals surface area contributed by atoms with Crippen LogP contribution in [0.15, 0.2) is 153 Å². The van der Waals surface area contributed by atoms with E-state index in [2.05, 4.69) is 114 Å². The fourth-order valence-corrected chi connectivity index (χ4v) is 6.86. The van der Waals surface area contributed by atoms with Gasteiger partial charge in [-0.15, -0.1) is 0 Å². The normalized spacial score (nSPS) is 12.1. The molecule has 3 heterocycles. The molecular weight excluding hydrogens is 542 g/mol. The van der Waals surface area contributed by atoms with E-state index in [9.17, 15) is 0 Å². The molecule has 7 aromatic carbocycles. The maximum Gasteiger partial charge on any atom is 0.159 e. The van der Waals surface area contributed by atoms with Crippen LogP contribution in [0.1, 0.15) is 0 Å². The van der Waals surface area contributed by atoms with Crippen molar-refractivity contribution in [3.8, 4) is 0 Å². The van der Waals surface area contributed by atoms with Crippen LogP contribution in [0.4, 0.5) is 17.1 Å². The smallest absolute Gasteiger partial charge is 0.159 e. The van der Waals surface area contributed by atoms with Gasteiger partial charge in [0, 0.05) is 44.1 Å². The van der Waals surface area contributed by atoms with E-state index in [0.29, 0.717) is 0 Å². The van der Waals surface area contributed by atoms with Crippen molar-refractivity contribution in [1.82, 2.24) is 0 Å². The Bertz CT molecular complexity index is 2740. The Morgan fingerprint density at radius 1 is 0.364 bits per heavy atom. The second-order valence-electron chi connectivity index (χ2n) is 11.3. The zero-order valence-corrected chi connectivity index (χ0v) is 23.5. The molecule has 0 bridgehead atoms. The Hall–Kier alpha value is -6.00. The average Bonchev–Trinajstić information content (AvgIpc) is 3.76. The van der Waals surface area contributed by atoms with E-state index < -0.39 is 0 Å². The predicted octanol–water partition coefficient (Wildman–Crippen LogP) is 12.0. The van der Waals surface area contributed by atoms with Crippen molar-refractivity contribution in [1.29, 1.82) is 0 Å². The molecule has 4 heteroatoms. The van der Waals surface area contributed by atoms with Crippen LogP contribution in [0.25, 0.3) is 76.6 Å². The summed E-state index contributed by atoms with van der Waals surface area (Å²) in [4.78, 5) is 2.26. The topological polar surface area (TPSA) is 42.7 Å². The molecule has 0 fully saturated rings. The van der Waals surface area contributed by atoms with Gasteiger partial charge in [-0.2, -0.15) is 0 Å². The van der Waals surface area contributed by atoms with Crippen LogP contribution in [0.5, 0.6) is 0 Å². The minimum absolute atomic E-state index is 0.834. The third kappa shape index (κ3) is 3.28. The molecule has 4 nitrogen and oxygen atoms in total. The second kappa shape index (κ2) is 8.76. The summed E-state index contributed by atoms with van der Waals surface area (Å²) in [6.07, 6.45) is 0. The number of anilines is 3. The Morgan fingerprint density at radius 2 is 0.977 bits per heavy atom. The van der Waals surface area contributed by atoms with Crippen LogP contribution >= 0.6 is 0 Å². The van der Waals surface area contributed by atoms with Gasteiger partial charge in [0.15, 0.2) is 5.58 Å². The number of nitrogens with zero attached hydrogens (tertiary/aromatic N) is 1. The maximum absolute atomic E-state index is 6.71. The van der Waals surface area contributed by atoms with Crippen LogP contribution < -0.4 is 4.90 Å². The molecule has 0 aliphatic carbocycles. The molecule has 10 rings (SSSR count). The molecule has 0 radical (unpaired) electrons. The predicted molar refractivity (Wildman–Crippen MR) is 180 cm³/mol. The molecule has 0 saturated carbocycles. The molecule has 10 aromatic rings. The number of hydrogen-bond donors (Lipinski definition) is 0. The van der Waals surface area contributed by atoms with Crippen molar-refractivity contribution in [3.63, 3.8) is 0 Å². The van der Waals surface area contributed by atoms with Gasteiger partial charge < -0.3 is 18.2 Å². The van der Waals surface area contributed by atoms with Gasteiger partial charge in [-0.3, -0.25) is 0 Å². The third-order valence-corrected chi connectivity index (χ3v) is 8.85. The zero-order valence-electron chi connectivity index (χ0n) is 23.5. The third-order valence-electron chi connectivity index (χ3n) is 8.85. The molecule has 0 atom stereocenters. The quantitative estimate of drug-likeness (QED) is 0.214. The Balaban J connectivity index is 1.28. The summed E-state index contributed by atoms with van der Waals surface area (Å²) in [7, 11) is 0. The molecule has 0 saturated heterocycles. The number of benzene rings is 7. The lowest BCUT2D eigenvalue weighted by molar-refractivity contribution is 0.667. The number of furan rings is 3. The molecule has 0 spiro atoms. The van der Waals surface area contributed by atoms with Crippen LogP contribution in [0.2, 0.25) is 0 Å². The van der Waals surface area contributed by atoms with Crippen molar-refractivity contribution in [2.75, 3.05) is 4.90 Å². The van der Waals surface area contributed by atoms with Gasteiger partial charge in [-0.05, 0) is 65.4 Å².